The van der Waals surface area contributed by atoms with Crippen LogP contribution in [0.1, 0.15) is 39.1 Å². The maximum Gasteiger partial charge on any atom is 0.253 e. The normalized spacial score (nSPS) is 14.2. The van der Waals surface area contributed by atoms with Gasteiger partial charge in [0.15, 0.2) is 11.0 Å². The first kappa shape index (κ1) is 30.1. The zero-order valence-electron chi connectivity index (χ0n) is 24.6. The fourth-order valence-electron chi connectivity index (χ4n) is 4.96. The van der Waals surface area contributed by atoms with Crippen molar-refractivity contribution in [1.82, 2.24) is 25.1 Å². The molecule has 0 aliphatic carbocycles. The van der Waals surface area contributed by atoms with E-state index in [0.29, 0.717) is 28.7 Å². The van der Waals surface area contributed by atoms with E-state index < -0.39 is 0 Å². The summed E-state index contributed by atoms with van der Waals surface area (Å²) in [5.41, 5.74) is 3.18. The predicted molar refractivity (Wildman–Crippen MR) is 174 cm³/mol. The van der Waals surface area contributed by atoms with Crippen LogP contribution in [0.25, 0.3) is 5.69 Å². The monoisotopic (exact) mass is 638 g/mol. The molecule has 2 aromatic heterocycles. The number of thiophene rings is 1. The summed E-state index contributed by atoms with van der Waals surface area (Å²) in [6.45, 7) is 0.140. The fraction of sp³-hybridized carbons (Fsp3) is 0.182. The highest BCUT2D eigenvalue weighted by molar-refractivity contribution is 7.99. The van der Waals surface area contributed by atoms with Gasteiger partial charge in [-0.25, -0.2) is 5.01 Å². The Balaban J connectivity index is 1.21. The minimum absolute atomic E-state index is 0.0943. The van der Waals surface area contributed by atoms with Crippen LogP contribution in [0.4, 0.5) is 0 Å². The number of para-hydroxylation sites is 1. The van der Waals surface area contributed by atoms with Crippen LogP contribution in [0.5, 0.6) is 11.5 Å². The summed E-state index contributed by atoms with van der Waals surface area (Å²) >= 11 is 2.88. The van der Waals surface area contributed by atoms with Gasteiger partial charge in [0.25, 0.3) is 11.8 Å². The molecule has 0 bridgehead atoms. The first-order valence-electron chi connectivity index (χ1n) is 14.2. The smallest absolute Gasteiger partial charge is 0.253 e. The van der Waals surface area contributed by atoms with Gasteiger partial charge in [-0.1, -0.05) is 48.2 Å². The van der Waals surface area contributed by atoms with Crippen molar-refractivity contribution in [2.75, 3.05) is 20.0 Å². The van der Waals surface area contributed by atoms with Gasteiger partial charge in [-0.15, -0.1) is 21.5 Å². The third-order valence-electron chi connectivity index (χ3n) is 7.27. The lowest BCUT2D eigenvalue weighted by molar-refractivity contribution is -0.130. The van der Waals surface area contributed by atoms with Crippen LogP contribution in [-0.2, 0) is 11.3 Å². The molecule has 3 aromatic carbocycles. The van der Waals surface area contributed by atoms with Crippen molar-refractivity contribution in [3.63, 3.8) is 0 Å². The van der Waals surface area contributed by atoms with E-state index in [1.54, 1.807) is 54.8 Å². The molecule has 10 nitrogen and oxygen atoms in total. The summed E-state index contributed by atoms with van der Waals surface area (Å²) in [6, 6.07) is 28.0. The number of nitrogens with zero attached hydrogens (tertiary/aromatic N) is 5. The number of hydrogen-bond acceptors (Lipinski definition) is 9. The molecule has 3 heterocycles. The second-order valence-corrected chi connectivity index (χ2v) is 11.9. The third-order valence-corrected chi connectivity index (χ3v) is 9.10. The average Bonchev–Trinajstić information content (AvgIpc) is 3.87. The van der Waals surface area contributed by atoms with E-state index in [2.05, 4.69) is 15.5 Å². The lowest BCUT2D eigenvalue weighted by Crippen LogP contribution is -2.28. The van der Waals surface area contributed by atoms with Gasteiger partial charge in [0.2, 0.25) is 0 Å². The Morgan fingerprint density at radius 1 is 0.911 bits per heavy atom. The number of carbonyl (C=O) groups excluding carboxylic acids is 2. The summed E-state index contributed by atoms with van der Waals surface area (Å²) in [6.07, 6.45) is 0.613. The van der Waals surface area contributed by atoms with E-state index in [1.807, 2.05) is 76.7 Å². The molecule has 0 spiro atoms. The molecule has 1 atom stereocenters. The minimum Gasteiger partial charge on any atom is -0.497 e. The number of methoxy groups -OCH3 is 2. The van der Waals surface area contributed by atoms with E-state index in [1.165, 1.54) is 11.8 Å². The maximum atomic E-state index is 13.8. The maximum absolute atomic E-state index is 13.8. The minimum atomic E-state index is -0.248. The van der Waals surface area contributed by atoms with Crippen LogP contribution in [0.3, 0.4) is 0 Å². The molecule has 228 valence electrons. The molecule has 6 rings (SSSR count). The summed E-state index contributed by atoms with van der Waals surface area (Å²) in [4.78, 5) is 27.7. The van der Waals surface area contributed by atoms with Crippen LogP contribution >= 0.6 is 23.1 Å². The zero-order valence-corrected chi connectivity index (χ0v) is 26.3. The predicted octanol–water partition coefficient (Wildman–Crippen LogP) is 5.75. The number of aromatic nitrogens is 3. The number of carbonyl (C=O) groups is 2. The van der Waals surface area contributed by atoms with Gasteiger partial charge in [0, 0.05) is 17.7 Å². The van der Waals surface area contributed by atoms with Crippen molar-refractivity contribution in [1.29, 1.82) is 0 Å². The Labute approximate surface area is 268 Å². The van der Waals surface area contributed by atoms with Crippen molar-refractivity contribution < 1.29 is 19.1 Å². The molecule has 0 saturated heterocycles. The number of rotatable bonds is 11. The molecule has 12 heteroatoms. The van der Waals surface area contributed by atoms with Crippen LogP contribution < -0.4 is 14.8 Å². The van der Waals surface area contributed by atoms with Crippen molar-refractivity contribution >= 4 is 40.6 Å². The molecule has 5 aromatic rings. The molecule has 1 aliphatic heterocycles. The van der Waals surface area contributed by atoms with Gasteiger partial charge < -0.3 is 14.8 Å². The topological polar surface area (TPSA) is 111 Å². The number of benzene rings is 3. The standard InChI is InChI=1S/C33H30N6O4S2/c1-42-25-14-10-22(11-15-25)28-19-27(29-9-6-18-44-29)37-39(28)31(40)21-45-33-36-35-30(38(33)24-7-4-3-5-8-24)20-34-32(41)23-12-16-26(43-2)17-13-23/h3-18,28H,19-21H2,1-2H3,(H,34,41)/t28-/m0/s1. The number of thioether (sulfide) groups is 1. The number of amides is 2. The number of hydrazone groups is 1. The van der Waals surface area contributed by atoms with Gasteiger partial charge in [-0.05, 0) is 65.5 Å². The van der Waals surface area contributed by atoms with E-state index in [9.17, 15) is 9.59 Å². The fourth-order valence-corrected chi connectivity index (χ4v) is 6.50. The highest BCUT2D eigenvalue weighted by atomic mass is 32.2. The van der Waals surface area contributed by atoms with Crippen LogP contribution in [0, 0.1) is 0 Å². The van der Waals surface area contributed by atoms with Crippen LogP contribution in [0.15, 0.2) is 107 Å². The summed E-state index contributed by atoms with van der Waals surface area (Å²) in [5.74, 6) is 1.65. The zero-order chi connectivity index (χ0) is 31.2. The Morgan fingerprint density at radius 3 is 2.29 bits per heavy atom. The first-order chi connectivity index (χ1) is 22.0. The van der Waals surface area contributed by atoms with Crippen molar-refractivity contribution in [3.8, 4) is 17.2 Å². The second kappa shape index (κ2) is 13.8. The number of ether oxygens (including phenoxy) is 2. The lowest BCUT2D eigenvalue weighted by atomic mass is 10.0. The molecule has 0 unspecified atom stereocenters. The number of nitrogens with one attached hydrogen (secondary N) is 1. The summed E-state index contributed by atoms with van der Waals surface area (Å²) < 4.78 is 12.4. The average molecular weight is 639 g/mol. The molecule has 2 amide bonds. The largest absolute Gasteiger partial charge is 0.497 e. The Bertz CT molecular complexity index is 1790. The van der Waals surface area contributed by atoms with Gasteiger partial charge in [-0.2, -0.15) is 5.10 Å². The van der Waals surface area contributed by atoms with E-state index in [4.69, 9.17) is 14.6 Å². The highest BCUT2D eigenvalue weighted by Crippen LogP contribution is 2.35. The summed E-state index contributed by atoms with van der Waals surface area (Å²) in [5, 5.41) is 20.6. The van der Waals surface area contributed by atoms with Gasteiger partial charge in [-0.3, -0.25) is 14.2 Å². The lowest BCUT2D eigenvalue weighted by Gasteiger charge is -2.22. The number of hydrogen-bond donors (Lipinski definition) is 1. The van der Waals surface area contributed by atoms with Gasteiger partial charge in [0.05, 0.1) is 43.1 Å². The van der Waals surface area contributed by atoms with E-state index in [0.717, 1.165) is 27.6 Å². The molecule has 45 heavy (non-hydrogen) atoms. The van der Waals surface area contributed by atoms with Crippen molar-refractivity contribution in [3.05, 3.63) is 118 Å². The third kappa shape index (κ3) is 6.76. The SMILES string of the molecule is COc1ccc(C(=O)NCc2nnc(SCC(=O)N3N=C(c4cccs4)C[C@H]3c3ccc(OC)cc3)n2-c2ccccc2)cc1. The quantitative estimate of drug-likeness (QED) is 0.184. The molecule has 0 saturated carbocycles. The second-order valence-electron chi connectivity index (χ2n) is 10.0. The molecule has 0 radical (unpaired) electrons. The molecular weight excluding hydrogens is 609 g/mol. The van der Waals surface area contributed by atoms with Crippen molar-refractivity contribution in [2.24, 2.45) is 5.10 Å². The molecule has 1 aliphatic rings. The van der Waals surface area contributed by atoms with Crippen molar-refractivity contribution in [2.45, 2.75) is 24.2 Å². The summed E-state index contributed by atoms with van der Waals surface area (Å²) in [7, 11) is 3.21. The molecular formula is C33H30N6O4S2. The first-order valence-corrected chi connectivity index (χ1v) is 16.0. The molecule has 1 N–H and O–H groups in total. The highest BCUT2D eigenvalue weighted by Gasteiger charge is 2.33. The van der Waals surface area contributed by atoms with Gasteiger partial charge >= 0.3 is 0 Å². The Hall–Kier alpha value is -4.94. The Kier molecular flexibility index (Phi) is 9.22. The van der Waals surface area contributed by atoms with Crippen LogP contribution in [0.2, 0.25) is 0 Å². The van der Waals surface area contributed by atoms with E-state index >= 15 is 0 Å². The van der Waals surface area contributed by atoms with Crippen LogP contribution in [-0.4, -0.2) is 57.3 Å². The molecule has 0 fully saturated rings. The van der Waals surface area contributed by atoms with Gasteiger partial charge in [0.1, 0.15) is 11.5 Å². The van der Waals surface area contributed by atoms with E-state index in [-0.39, 0.29) is 30.2 Å². The Morgan fingerprint density at radius 2 is 1.62 bits per heavy atom.